The number of ether oxygens (including phenoxy) is 1. The van der Waals surface area contributed by atoms with E-state index in [1.54, 1.807) is 43.5 Å². The van der Waals surface area contributed by atoms with Crippen molar-refractivity contribution in [2.45, 2.75) is 12.3 Å². The van der Waals surface area contributed by atoms with Gasteiger partial charge in [-0.1, -0.05) is 29.8 Å². The predicted octanol–water partition coefficient (Wildman–Crippen LogP) is 4.34. The molecule has 2 aromatic rings. The number of halogens is 2. The number of benzene rings is 2. The second kappa shape index (κ2) is 6.40. The van der Waals surface area contributed by atoms with Crippen LogP contribution in [0.4, 0.5) is 4.39 Å². The molecule has 0 heterocycles. The highest BCUT2D eigenvalue weighted by Gasteiger charge is 2.17. The molecule has 4 heteroatoms. The van der Waals surface area contributed by atoms with Gasteiger partial charge in [-0.3, -0.25) is 0 Å². The summed E-state index contributed by atoms with van der Waals surface area (Å²) < 4.78 is 19.0. The zero-order valence-electron chi connectivity index (χ0n) is 10.9. The Morgan fingerprint density at radius 2 is 2.05 bits per heavy atom. The molecule has 0 N–H and O–H groups in total. The van der Waals surface area contributed by atoms with Gasteiger partial charge >= 0.3 is 0 Å². The molecule has 0 saturated heterocycles. The third-order valence-corrected chi connectivity index (χ3v) is 3.34. The van der Waals surface area contributed by atoms with Crippen LogP contribution in [0.3, 0.4) is 0 Å². The first kappa shape index (κ1) is 14.4. The molecule has 0 bridgehead atoms. The minimum atomic E-state index is -0.580. The summed E-state index contributed by atoms with van der Waals surface area (Å²) in [7, 11) is 1.55. The van der Waals surface area contributed by atoms with Gasteiger partial charge in [-0.2, -0.15) is 5.26 Å². The molecule has 1 unspecified atom stereocenters. The van der Waals surface area contributed by atoms with Crippen molar-refractivity contribution in [3.63, 3.8) is 0 Å². The molecular weight excluding hydrogens is 277 g/mol. The van der Waals surface area contributed by atoms with Crippen LogP contribution in [-0.2, 0) is 6.42 Å². The van der Waals surface area contributed by atoms with Crippen molar-refractivity contribution in [2.24, 2.45) is 0 Å². The highest BCUT2D eigenvalue weighted by Crippen LogP contribution is 2.29. The first-order valence-electron chi connectivity index (χ1n) is 6.12. The molecule has 2 nitrogen and oxygen atoms in total. The number of hydrogen-bond acceptors (Lipinski definition) is 2. The molecular formula is C16H13ClFNO. The predicted molar refractivity (Wildman–Crippen MR) is 76.5 cm³/mol. The number of methoxy groups -OCH3 is 1. The van der Waals surface area contributed by atoms with Gasteiger partial charge in [0.15, 0.2) is 0 Å². The van der Waals surface area contributed by atoms with Crippen LogP contribution in [0.25, 0.3) is 0 Å². The van der Waals surface area contributed by atoms with Crippen LogP contribution in [0.15, 0.2) is 42.5 Å². The van der Waals surface area contributed by atoms with E-state index in [1.807, 2.05) is 0 Å². The summed E-state index contributed by atoms with van der Waals surface area (Å²) >= 11 is 5.97. The fraction of sp³-hybridized carbons (Fsp3) is 0.188. The average molecular weight is 290 g/mol. The number of rotatable bonds is 4. The minimum Gasteiger partial charge on any atom is -0.496 e. The first-order valence-corrected chi connectivity index (χ1v) is 6.50. The van der Waals surface area contributed by atoms with Crippen molar-refractivity contribution >= 4 is 11.6 Å². The van der Waals surface area contributed by atoms with E-state index in [4.69, 9.17) is 16.3 Å². The normalized spacial score (nSPS) is 11.7. The Hall–Kier alpha value is -2.05. The maximum Gasteiger partial charge on any atom is 0.127 e. The van der Waals surface area contributed by atoms with Gasteiger partial charge in [0.05, 0.1) is 19.1 Å². The highest BCUT2D eigenvalue weighted by atomic mass is 35.5. The van der Waals surface area contributed by atoms with E-state index in [0.29, 0.717) is 22.8 Å². The Balaban J connectivity index is 2.35. The third-order valence-electron chi connectivity index (χ3n) is 3.10. The van der Waals surface area contributed by atoms with E-state index in [0.717, 1.165) is 5.56 Å². The van der Waals surface area contributed by atoms with Crippen molar-refractivity contribution in [2.75, 3.05) is 7.11 Å². The highest BCUT2D eigenvalue weighted by molar-refractivity contribution is 6.30. The SMILES string of the molecule is COc1ccc(Cl)cc1CC(C#N)c1ccccc1F. The summed E-state index contributed by atoms with van der Waals surface area (Å²) in [6.45, 7) is 0. The van der Waals surface area contributed by atoms with Gasteiger partial charge in [0, 0.05) is 10.6 Å². The summed E-state index contributed by atoms with van der Waals surface area (Å²) in [6.07, 6.45) is 0.348. The molecule has 102 valence electrons. The topological polar surface area (TPSA) is 33.0 Å². The van der Waals surface area contributed by atoms with Crippen LogP contribution in [0.2, 0.25) is 5.02 Å². The number of hydrogen-bond donors (Lipinski definition) is 0. The van der Waals surface area contributed by atoms with E-state index in [2.05, 4.69) is 6.07 Å². The summed E-state index contributed by atoms with van der Waals surface area (Å²) in [5.74, 6) is -0.311. The van der Waals surface area contributed by atoms with Crippen LogP contribution in [0, 0.1) is 17.1 Å². The standard InChI is InChI=1S/C16H13ClFNO/c1-20-16-7-6-13(17)9-11(16)8-12(10-19)14-4-2-3-5-15(14)18/h2-7,9,12H,8H2,1H3. The lowest BCUT2D eigenvalue weighted by Gasteiger charge is -2.13. The van der Waals surface area contributed by atoms with Gasteiger partial charge < -0.3 is 4.74 Å². The molecule has 0 radical (unpaired) electrons. The van der Waals surface area contributed by atoms with Crippen molar-refractivity contribution in [1.29, 1.82) is 5.26 Å². The van der Waals surface area contributed by atoms with Crippen molar-refractivity contribution < 1.29 is 9.13 Å². The van der Waals surface area contributed by atoms with Gasteiger partial charge in [-0.15, -0.1) is 0 Å². The van der Waals surface area contributed by atoms with Gasteiger partial charge in [0.1, 0.15) is 11.6 Å². The molecule has 0 aliphatic rings. The molecule has 20 heavy (non-hydrogen) atoms. The Kier molecular flexibility index (Phi) is 4.60. The summed E-state index contributed by atoms with van der Waals surface area (Å²) in [5.41, 5.74) is 1.17. The van der Waals surface area contributed by atoms with E-state index < -0.39 is 5.92 Å². The van der Waals surface area contributed by atoms with E-state index in [-0.39, 0.29) is 5.82 Å². The lowest BCUT2D eigenvalue weighted by Crippen LogP contribution is -2.04. The molecule has 0 fully saturated rings. The van der Waals surface area contributed by atoms with Crippen LogP contribution in [0.1, 0.15) is 17.0 Å². The Morgan fingerprint density at radius 1 is 1.30 bits per heavy atom. The molecule has 0 saturated carbocycles. The van der Waals surface area contributed by atoms with Crippen molar-refractivity contribution in [3.05, 3.63) is 64.4 Å². The fourth-order valence-electron chi connectivity index (χ4n) is 2.11. The summed E-state index contributed by atoms with van der Waals surface area (Å²) in [5, 5.41) is 9.87. The average Bonchev–Trinajstić information content (AvgIpc) is 2.46. The Bertz CT molecular complexity index is 651. The second-order valence-corrected chi connectivity index (χ2v) is 4.80. The molecule has 0 spiro atoms. The lowest BCUT2D eigenvalue weighted by molar-refractivity contribution is 0.409. The molecule has 0 aliphatic heterocycles. The molecule has 0 aliphatic carbocycles. The summed E-state index contributed by atoms with van der Waals surface area (Å²) in [6, 6.07) is 13.6. The van der Waals surface area contributed by atoms with Crippen LogP contribution in [0.5, 0.6) is 5.75 Å². The zero-order valence-corrected chi connectivity index (χ0v) is 11.7. The van der Waals surface area contributed by atoms with Gasteiger partial charge in [0.2, 0.25) is 0 Å². The number of nitriles is 1. The maximum absolute atomic E-state index is 13.8. The molecule has 2 aromatic carbocycles. The van der Waals surface area contributed by atoms with Gasteiger partial charge in [-0.05, 0) is 36.2 Å². The fourth-order valence-corrected chi connectivity index (χ4v) is 2.30. The quantitative estimate of drug-likeness (QED) is 0.839. The maximum atomic E-state index is 13.8. The van der Waals surface area contributed by atoms with E-state index in [1.165, 1.54) is 6.07 Å². The van der Waals surface area contributed by atoms with Gasteiger partial charge in [0.25, 0.3) is 0 Å². The van der Waals surface area contributed by atoms with Crippen molar-refractivity contribution in [3.8, 4) is 11.8 Å². The monoisotopic (exact) mass is 289 g/mol. The summed E-state index contributed by atoms with van der Waals surface area (Å²) in [4.78, 5) is 0. The Labute approximate surface area is 122 Å². The van der Waals surface area contributed by atoms with Crippen LogP contribution < -0.4 is 4.74 Å². The van der Waals surface area contributed by atoms with Crippen molar-refractivity contribution in [1.82, 2.24) is 0 Å². The zero-order chi connectivity index (χ0) is 14.5. The third kappa shape index (κ3) is 3.09. The van der Waals surface area contributed by atoms with Crippen LogP contribution in [-0.4, -0.2) is 7.11 Å². The van der Waals surface area contributed by atoms with Gasteiger partial charge in [-0.25, -0.2) is 4.39 Å². The molecule has 0 amide bonds. The molecule has 0 aromatic heterocycles. The molecule has 2 rings (SSSR count). The smallest absolute Gasteiger partial charge is 0.127 e. The largest absolute Gasteiger partial charge is 0.496 e. The number of nitrogens with zero attached hydrogens (tertiary/aromatic N) is 1. The Morgan fingerprint density at radius 3 is 2.70 bits per heavy atom. The van der Waals surface area contributed by atoms with E-state index >= 15 is 0 Å². The van der Waals surface area contributed by atoms with Crippen LogP contribution >= 0.6 is 11.6 Å². The first-order chi connectivity index (χ1) is 9.65. The minimum absolute atomic E-state index is 0.348. The van der Waals surface area contributed by atoms with E-state index in [9.17, 15) is 9.65 Å². The molecule has 1 atom stereocenters. The lowest BCUT2D eigenvalue weighted by atomic mass is 9.92. The second-order valence-electron chi connectivity index (χ2n) is 4.36.